The molecule has 1 aromatic carbocycles. The van der Waals surface area contributed by atoms with E-state index in [-0.39, 0.29) is 0 Å². The van der Waals surface area contributed by atoms with Gasteiger partial charge in [-0.25, -0.2) is 0 Å². The molecule has 0 radical (unpaired) electrons. The average Bonchev–Trinajstić information content (AvgIpc) is 2.77. The van der Waals surface area contributed by atoms with Crippen LogP contribution in [0, 0.1) is 0 Å². The van der Waals surface area contributed by atoms with Gasteiger partial charge in [0.1, 0.15) is 5.75 Å². The summed E-state index contributed by atoms with van der Waals surface area (Å²) in [6, 6.07) is 5.01. The highest BCUT2D eigenvalue weighted by atomic mass is 79.9. The molecule has 1 heterocycles. The molecule has 1 aliphatic heterocycles. The first-order chi connectivity index (χ1) is 8.70. The first-order valence-electron chi connectivity index (χ1n) is 6.88. The number of fused-ring (bicyclic) bond motifs is 1. The van der Waals surface area contributed by atoms with Crippen molar-refractivity contribution in [2.24, 2.45) is 0 Å². The lowest BCUT2D eigenvalue weighted by molar-refractivity contribution is 0.352. The molecule has 3 heteroatoms. The maximum absolute atomic E-state index is 5.75. The Bertz CT molecular complexity index is 406. The van der Waals surface area contributed by atoms with Crippen molar-refractivity contribution in [1.29, 1.82) is 0 Å². The number of benzene rings is 1. The summed E-state index contributed by atoms with van der Waals surface area (Å²) in [6.45, 7) is 6.31. The fourth-order valence-corrected chi connectivity index (χ4v) is 3.13. The van der Waals surface area contributed by atoms with Crippen LogP contribution in [0.4, 0.5) is 0 Å². The predicted octanol–water partition coefficient (Wildman–Crippen LogP) is 3.70. The normalized spacial score (nSPS) is 15.3. The lowest BCUT2D eigenvalue weighted by Gasteiger charge is -2.13. The van der Waals surface area contributed by atoms with E-state index in [1.807, 2.05) is 0 Å². The molecule has 100 valence electrons. The highest BCUT2D eigenvalue weighted by Crippen LogP contribution is 2.33. The summed E-state index contributed by atoms with van der Waals surface area (Å²) >= 11 is 3.59. The van der Waals surface area contributed by atoms with Crippen molar-refractivity contribution in [3.05, 3.63) is 27.7 Å². The molecule has 0 spiro atoms. The third kappa shape index (κ3) is 3.48. The van der Waals surface area contributed by atoms with Gasteiger partial charge in [-0.2, -0.15) is 0 Å². The van der Waals surface area contributed by atoms with E-state index in [4.69, 9.17) is 4.74 Å². The van der Waals surface area contributed by atoms with Crippen molar-refractivity contribution in [3.63, 3.8) is 0 Å². The topological polar surface area (TPSA) is 21.3 Å². The molecule has 0 saturated heterocycles. The molecule has 1 atom stereocenters. The van der Waals surface area contributed by atoms with E-state index in [0.717, 1.165) is 31.7 Å². The second kappa shape index (κ2) is 6.58. The van der Waals surface area contributed by atoms with Gasteiger partial charge >= 0.3 is 0 Å². The van der Waals surface area contributed by atoms with Crippen molar-refractivity contribution in [2.75, 3.05) is 13.2 Å². The van der Waals surface area contributed by atoms with Crippen LogP contribution in [0.2, 0.25) is 0 Å². The first kappa shape index (κ1) is 13.9. The zero-order valence-electron chi connectivity index (χ0n) is 11.3. The molecular weight excluding hydrogens is 290 g/mol. The van der Waals surface area contributed by atoms with Gasteiger partial charge < -0.3 is 10.1 Å². The Morgan fingerprint density at radius 3 is 3.06 bits per heavy atom. The van der Waals surface area contributed by atoms with Gasteiger partial charge in [-0.15, -0.1) is 0 Å². The van der Waals surface area contributed by atoms with Crippen LogP contribution in [0.1, 0.15) is 37.8 Å². The Labute approximate surface area is 118 Å². The van der Waals surface area contributed by atoms with Crippen LogP contribution in [-0.2, 0) is 12.8 Å². The molecule has 0 aliphatic carbocycles. The lowest BCUT2D eigenvalue weighted by Crippen LogP contribution is -2.25. The summed E-state index contributed by atoms with van der Waals surface area (Å²) in [4.78, 5) is 0. The van der Waals surface area contributed by atoms with E-state index < -0.39 is 0 Å². The summed E-state index contributed by atoms with van der Waals surface area (Å²) in [7, 11) is 0. The van der Waals surface area contributed by atoms with Gasteiger partial charge in [-0.1, -0.05) is 22.9 Å². The van der Waals surface area contributed by atoms with Crippen molar-refractivity contribution < 1.29 is 4.74 Å². The number of hydrogen-bond acceptors (Lipinski definition) is 2. The van der Waals surface area contributed by atoms with E-state index >= 15 is 0 Å². The van der Waals surface area contributed by atoms with Crippen LogP contribution in [0.3, 0.4) is 0 Å². The second-order valence-electron chi connectivity index (χ2n) is 5.00. The highest BCUT2D eigenvalue weighted by Gasteiger charge is 2.17. The summed E-state index contributed by atoms with van der Waals surface area (Å²) < 4.78 is 6.94. The molecule has 0 bridgehead atoms. The third-order valence-corrected chi connectivity index (χ3v) is 3.92. The molecule has 2 rings (SSSR count). The van der Waals surface area contributed by atoms with Crippen LogP contribution in [-0.4, -0.2) is 19.2 Å². The standard InChI is InChI=1S/C15H22BrNO/c1-3-17-11(2)5-4-6-12-9-14(16)10-13-7-8-18-15(12)13/h9-11,17H,3-8H2,1-2H3. The van der Waals surface area contributed by atoms with Crippen LogP contribution in [0.25, 0.3) is 0 Å². The van der Waals surface area contributed by atoms with E-state index in [9.17, 15) is 0 Å². The number of halogens is 1. The average molecular weight is 312 g/mol. The Morgan fingerprint density at radius 1 is 1.44 bits per heavy atom. The Morgan fingerprint density at radius 2 is 2.28 bits per heavy atom. The Balaban J connectivity index is 1.93. The quantitative estimate of drug-likeness (QED) is 0.865. The first-order valence-corrected chi connectivity index (χ1v) is 7.67. The summed E-state index contributed by atoms with van der Waals surface area (Å²) in [5.74, 6) is 1.15. The van der Waals surface area contributed by atoms with Gasteiger partial charge in [0.25, 0.3) is 0 Å². The number of nitrogens with one attached hydrogen (secondary N) is 1. The van der Waals surface area contributed by atoms with Crippen LogP contribution < -0.4 is 10.1 Å². The highest BCUT2D eigenvalue weighted by molar-refractivity contribution is 9.10. The summed E-state index contributed by atoms with van der Waals surface area (Å²) in [6.07, 6.45) is 4.59. The van der Waals surface area contributed by atoms with E-state index in [2.05, 4.69) is 47.2 Å². The lowest BCUT2D eigenvalue weighted by atomic mass is 10.0. The molecule has 0 aromatic heterocycles. The number of hydrogen-bond donors (Lipinski definition) is 1. The van der Waals surface area contributed by atoms with E-state index in [0.29, 0.717) is 6.04 Å². The van der Waals surface area contributed by atoms with Gasteiger partial charge in [0, 0.05) is 16.9 Å². The minimum atomic E-state index is 0.608. The molecular formula is C15H22BrNO. The van der Waals surface area contributed by atoms with Crippen molar-refractivity contribution in [2.45, 2.75) is 45.6 Å². The van der Waals surface area contributed by atoms with Gasteiger partial charge in [-0.3, -0.25) is 0 Å². The fraction of sp³-hybridized carbons (Fsp3) is 0.600. The minimum Gasteiger partial charge on any atom is -0.493 e. The van der Waals surface area contributed by atoms with Gasteiger partial charge in [0.05, 0.1) is 6.61 Å². The van der Waals surface area contributed by atoms with E-state index in [1.165, 1.54) is 28.4 Å². The molecule has 0 fully saturated rings. The molecule has 1 aliphatic rings. The number of rotatable bonds is 6. The maximum atomic E-state index is 5.75. The van der Waals surface area contributed by atoms with Crippen LogP contribution in [0.15, 0.2) is 16.6 Å². The monoisotopic (exact) mass is 311 g/mol. The number of ether oxygens (including phenoxy) is 1. The van der Waals surface area contributed by atoms with Crippen LogP contribution >= 0.6 is 15.9 Å². The smallest absolute Gasteiger partial charge is 0.125 e. The SMILES string of the molecule is CCNC(C)CCCc1cc(Br)cc2c1OCC2. The molecule has 0 saturated carbocycles. The molecule has 1 unspecified atom stereocenters. The van der Waals surface area contributed by atoms with Crippen LogP contribution in [0.5, 0.6) is 5.75 Å². The Kier molecular flexibility index (Phi) is 5.07. The molecule has 18 heavy (non-hydrogen) atoms. The van der Waals surface area contributed by atoms with Gasteiger partial charge in [-0.05, 0) is 56.0 Å². The summed E-state index contributed by atoms with van der Waals surface area (Å²) in [5.41, 5.74) is 2.72. The zero-order chi connectivity index (χ0) is 13.0. The van der Waals surface area contributed by atoms with Gasteiger partial charge in [0.2, 0.25) is 0 Å². The van der Waals surface area contributed by atoms with E-state index in [1.54, 1.807) is 0 Å². The largest absolute Gasteiger partial charge is 0.493 e. The Hall–Kier alpha value is -0.540. The molecule has 0 amide bonds. The second-order valence-corrected chi connectivity index (χ2v) is 5.92. The predicted molar refractivity (Wildman–Crippen MR) is 79.4 cm³/mol. The number of aryl methyl sites for hydroxylation is 1. The summed E-state index contributed by atoms with van der Waals surface area (Å²) in [5, 5.41) is 3.45. The molecule has 2 nitrogen and oxygen atoms in total. The fourth-order valence-electron chi connectivity index (χ4n) is 2.58. The molecule has 1 N–H and O–H groups in total. The zero-order valence-corrected chi connectivity index (χ0v) is 12.8. The van der Waals surface area contributed by atoms with Crippen molar-refractivity contribution in [1.82, 2.24) is 5.32 Å². The maximum Gasteiger partial charge on any atom is 0.125 e. The molecule has 1 aromatic rings. The third-order valence-electron chi connectivity index (χ3n) is 3.46. The minimum absolute atomic E-state index is 0.608. The van der Waals surface area contributed by atoms with Gasteiger partial charge in [0.15, 0.2) is 0 Å². The van der Waals surface area contributed by atoms with Crippen molar-refractivity contribution in [3.8, 4) is 5.75 Å². The van der Waals surface area contributed by atoms with Crippen molar-refractivity contribution >= 4 is 15.9 Å².